The van der Waals surface area contributed by atoms with Crippen LogP contribution < -0.4 is 4.90 Å². The van der Waals surface area contributed by atoms with Crippen LogP contribution in [0.4, 0.5) is 5.82 Å². The molecule has 0 N–H and O–H groups in total. The third-order valence-electron chi connectivity index (χ3n) is 5.29. The number of ether oxygens (including phenoxy) is 1. The van der Waals surface area contributed by atoms with Crippen LogP contribution in [-0.4, -0.2) is 46.0 Å². The third kappa shape index (κ3) is 5.54. The number of benzene rings is 1. The van der Waals surface area contributed by atoms with Gasteiger partial charge in [0.25, 0.3) is 0 Å². The molecule has 29 heavy (non-hydrogen) atoms. The second kappa shape index (κ2) is 9.83. The van der Waals surface area contributed by atoms with E-state index in [4.69, 9.17) is 9.72 Å². The predicted molar refractivity (Wildman–Crippen MR) is 115 cm³/mol. The second-order valence-corrected chi connectivity index (χ2v) is 7.94. The van der Waals surface area contributed by atoms with Crippen LogP contribution in [0.15, 0.2) is 42.6 Å². The monoisotopic (exact) mass is 396 g/mol. The molecule has 1 aromatic heterocycles. The van der Waals surface area contributed by atoms with Crippen LogP contribution in [0.25, 0.3) is 0 Å². The Bertz CT molecular complexity index is 786. The number of rotatable bonds is 7. The van der Waals surface area contributed by atoms with Gasteiger partial charge >= 0.3 is 5.97 Å². The molecule has 0 bridgehead atoms. The molecule has 1 aromatic carbocycles. The Morgan fingerprint density at radius 1 is 1.17 bits per heavy atom. The molecular weight excluding hydrogens is 364 g/mol. The molecule has 2 heterocycles. The Hall–Kier alpha value is -2.47. The molecule has 6 heteroatoms. The van der Waals surface area contributed by atoms with Crippen LogP contribution in [0, 0.1) is 0 Å². The van der Waals surface area contributed by atoms with E-state index in [2.05, 4.69) is 59.0 Å². The summed E-state index contributed by atoms with van der Waals surface area (Å²) in [6.45, 7) is 11.2. The van der Waals surface area contributed by atoms with Crippen LogP contribution in [0.3, 0.4) is 0 Å². The largest absolute Gasteiger partial charge is 0.454 e. The number of aromatic nitrogens is 2. The molecule has 2 aromatic rings. The first-order chi connectivity index (χ1) is 14.0. The highest BCUT2D eigenvalue weighted by Crippen LogP contribution is 2.25. The lowest BCUT2D eigenvalue weighted by atomic mass is 10.1. The Kier molecular flexibility index (Phi) is 7.20. The average Bonchev–Trinajstić information content (AvgIpc) is 2.68. The summed E-state index contributed by atoms with van der Waals surface area (Å²) in [5.74, 6) is 1.25. The van der Waals surface area contributed by atoms with Crippen molar-refractivity contribution in [3.8, 4) is 0 Å². The third-order valence-corrected chi connectivity index (χ3v) is 5.29. The van der Waals surface area contributed by atoms with E-state index in [1.807, 2.05) is 19.9 Å². The van der Waals surface area contributed by atoms with Gasteiger partial charge in [-0.2, -0.15) is 0 Å². The summed E-state index contributed by atoms with van der Waals surface area (Å²) in [6, 6.07) is 13.2. The molecule has 156 valence electrons. The molecule has 0 amide bonds. The topological polar surface area (TPSA) is 58.6 Å². The molecule has 3 atom stereocenters. The fourth-order valence-electron chi connectivity index (χ4n) is 4.07. The van der Waals surface area contributed by atoms with Crippen LogP contribution in [0.1, 0.15) is 58.0 Å². The maximum absolute atomic E-state index is 11.8. The highest BCUT2D eigenvalue weighted by atomic mass is 16.5. The van der Waals surface area contributed by atoms with Gasteiger partial charge in [-0.05, 0) is 38.8 Å². The Morgan fingerprint density at radius 3 is 2.52 bits per heavy atom. The van der Waals surface area contributed by atoms with Crippen molar-refractivity contribution in [1.29, 1.82) is 0 Å². The zero-order valence-electron chi connectivity index (χ0n) is 17.9. The number of anilines is 1. The summed E-state index contributed by atoms with van der Waals surface area (Å²) in [4.78, 5) is 25.7. The first-order valence-corrected chi connectivity index (χ1v) is 10.5. The first kappa shape index (κ1) is 21.2. The molecule has 1 fully saturated rings. The SMILES string of the molecule is CCCC(=O)OC(C)c1nccc(N2[C@H](C)CN(Cc3ccccc3)C[C@@H]2C)n1. The maximum Gasteiger partial charge on any atom is 0.306 e. The number of hydrogen-bond acceptors (Lipinski definition) is 6. The molecule has 0 spiro atoms. The van der Waals surface area contributed by atoms with Gasteiger partial charge in [-0.25, -0.2) is 9.97 Å². The minimum atomic E-state index is -0.445. The Labute approximate surface area is 173 Å². The van der Waals surface area contributed by atoms with Crippen molar-refractivity contribution in [2.75, 3.05) is 18.0 Å². The van der Waals surface area contributed by atoms with Crippen molar-refractivity contribution in [1.82, 2.24) is 14.9 Å². The number of carbonyl (C=O) groups excluding carboxylic acids is 1. The van der Waals surface area contributed by atoms with Gasteiger partial charge < -0.3 is 9.64 Å². The highest BCUT2D eigenvalue weighted by Gasteiger charge is 2.31. The molecule has 0 saturated carbocycles. The summed E-state index contributed by atoms with van der Waals surface area (Å²) in [7, 11) is 0. The van der Waals surface area contributed by atoms with Crippen LogP contribution in [-0.2, 0) is 16.1 Å². The molecule has 3 rings (SSSR count). The molecule has 6 nitrogen and oxygen atoms in total. The number of piperazine rings is 1. The van der Waals surface area contributed by atoms with Crippen molar-refractivity contribution in [2.24, 2.45) is 0 Å². The van der Waals surface area contributed by atoms with E-state index in [1.165, 1.54) is 5.56 Å². The summed E-state index contributed by atoms with van der Waals surface area (Å²) >= 11 is 0. The van der Waals surface area contributed by atoms with Gasteiger partial charge in [-0.15, -0.1) is 0 Å². The lowest BCUT2D eigenvalue weighted by molar-refractivity contribution is -0.149. The minimum Gasteiger partial charge on any atom is -0.454 e. The summed E-state index contributed by atoms with van der Waals surface area (Å²) in [5.41, 5.74) is 1.34. The van der Waals surface area contributed by atoms with Crippen LogP contribution in [0.5, 0.6) is 0 Å². The number of esters is 1. The number of carbonyl (C=O) groups is 1. The van der Waals surface area contributed by atoms with Gasteiger partial charge in [0.05, 0.1) is 0 Å². The van der Waals surface area contributed by atoms with E-state index in [0.29, 0.717) is 24.3 Å². The zero-order valence-corrected chi connectivity index (χ0v) is 17.9. The molecule has 1 aliphatic heterocycles. The second-order valence-electron chi connectivity index (χ2n) is 7.94. The smallest absolute Gasteiger partial charge is 0.306 e. The first-order valence-electron chi connectivity index (χ1n) is 10.5. The fourth-order valence-corrected chi connectivity index (χ4v) is 4.07. The van der Waals surface area contributed by atoms with Gasteiger partial charge in [0, 0.05) is 44.3 Å². The predicted octanol–water partition coefficient (Wildman–Crippen LogP) is 3.98. The van der Waals surface area contributed by atoms with Gasteiger partial charge in [0.2, 0.25) is 0 Å². The van der Waals surface area contributed by atoms with Crippen molar-refractivity contribution >= 4 is 11.8 Å². The summed E-state index contributed by atoms with van der Waals surface area (Å²) in [6.07, 6.45) is 2.51. The number of hydrogen-bond donors (Lipinski definition) is 0. The molecule has 0 aliphatic carbocycles. The minimum absolute atomic E-state index is 0.203. The lowest BCUT2D eigenvalue weighted by Gasteiger charge is -2.45. The van der Waals surface area contributed by atoms with Crippen molar-refractivity contribution in [3.05, 3.63) is 54.0 Å². The maximum atomic E-state index is 11.8. The Morgan fingerprint density at radius 2 is 1.86 bits per heavy atom. The van der Waals surface area contributed by atoms with Gasteiger partial charge in [0.15, 0.2) is 11.9 Å². The molecule has 1 unspecified atom stereocenters. The standard InChI is InChI=1S/C23H32N4O2/c1-5-9-22(28)29-19(4)23-24-13-12-21(25-23)27-17(2)14-26(15-18(27)3)16-20-10-7-6-8-11-20/h6-8,10-13,17-19H,5,9,14-16H2,1-4H3/t17-,18+,19?. The van der Waals surface area contributed by atoms with E-state index >= 15 is 0 Å². The van der Waals surface area contributed by atoms with Crippen molar-refractivity contribution in [2.45, 2.75) is 65.3 Å². The molecule has 0 radical (unpaired) electrons. The average molecular weight is 397 g/mol. The molecule has 1 aliphatic rings. The fraction of sp³-hybridized carbons (Fsp3) is 0.522. The quantitative estimate of drug-likeness (QED) is 0.660. The summed E-state index contributed by atoms with van der Waals surface area (Å²) in [5, 5.41) is 0. The van der Waals surface area contributed by atoms with Crippen molar-refractivity contribution in [3.63, 3.8) is 0 Å². The van der Waals surface area contributed by atoms with Gasteiger partial charge in [-0.1, -0.05) is 37.3 Å². The van der Waals surface area contributed by atoms with Crippen molar-refractivity contribution < 1.29 is 9.53 Å². The Balaban J connectivity index is 1.68. The summed E-state index contributed by atoms with van der Waals surface area (Å²) < 4.78 is 5.47. The molecular formula is C23H32N4O2. The van der Waals surface area contributed by atoms with E-state index in [0.717, 1.165) is 31.9 Å². The highest BCUT2D eigenvalue weighted by molar-refractivity contribution is 5.69. The van der Waals surface area contributed by atoms with E-state index in [9.17, 15) is 4.79 Å². The van der Waals surface area contributed by atoms with Gasteiger partial charge in [0.1, 0.15) is 5.82 Å². The van der Waals surface area contributed by atoms with E-state index in [1.54, 1.807) is 6.20 Å². The molecule has 1 saturated heterocycles. The number of nitrogens with zero attached hydrogens (tertiary/aromatic N) is 4. The van der Waals surface area contributed by atoms with E-state index < -0.39 is 6.10 Å². The normalized spacial score (nSPS) is 21.0. The van der Waals surface area contributed by atoms with E-state index in [-0.39, 0.29) is 5.97 Å². The van der Waals surface area contributed by atoms with Crippen LogP contribution >= 0.6 is 0 Å². The lowest BCUT2D eigenvalue weighted by Crippen LogP contribution is -2.56. The van der Waals surface area contributed by atoms with Gasteiger partial charge in [-0.3, -0.25) is 9.69 Å². The zero-order chi connectivity index (χ0) is 20.8. The van der Waals surface area contributed by atoms with Crippen LogP contribution in [0.2, 0.25) is 0 Å².